The number of aromatic amines is 1. The van der Waals surface area contributed by atoms with Crippen LogP contribution < -0.4 is 5.73 Å². The number of benzene rings is 4. The smallest absolute Gasteiger partial charge is 0.409 e. The van der Waals surface area contributed by atoms with Crippen LogP contribution in [0.1, 0.15) is 59.7 Å². The fraction of sp³-hybridized carbons (Fsp3) is 0.317. The molecule has 1 aliphatic carbocycles. The van der Waals surface area contributed by atoms with E-state index in [1.807, 2.05) is 60.7 Å². The Hall–Kier alpha value is -4.43. The van der Waals surface area contributed by atoms with Crippen molar-refractivity contribution in [3.8, 4) is 11.1 Å². The van der Waals surface area contributed by atoms with Gasteiger partial charge in [0.15, 0.2) is 5.78 Å². The molecule has 1 amide bonds. The molecule has 49 heavy (non-hydrogen) atoms. The maximum Gasteiger partial charge on any atom is 0.409 e. The summed E-state index contributed by atoms with van der Waals surface area (Å²) in [4.78, 5) is 36.2. The van der Waals surface area contributed by atoms with Crippen LogP contribution in [0.3, 0.4) is 0 Å². The van der Waals surface area contributed by atoms with Crippen LogP contribution in [0, 0.1) is 5.92 Å². The maximum atomic E-state index is 14.6. The Labute approximate surface area is 293 Å². The lowest BCUT2D eigenvalue weighted by Gasteiger charge is -2.39. The molecule has 8 heteroatoms. The van der Waals surface area contributed by atoms with E-state index in [4.69, 9.17) is 22.1 Å². The van der Waals surface area contributed by atoms with Gasteiger partial charge in [0, 0.05) is 41.2 Å². The van der Waals surface area contributed by atoms with E-state index in [0.29, 0.717) is 28.7 Å². The van der Waals surface area contributed by atoms with E-state index in [0.717, 1.165) is 48.0 Å². The molecular formula is C41H43ClN4O3. The number of hydrogen-bond donors (Lipinski definition) is 2. The zero-order valence-corrected chi connectivity index (χ0v) is 28.8. The number of nitrogens with two attached hydrogens (primary N) is 1. The van der Waals surface area contributed by atoms with Crippen molar-refractivity contribution in [2.75, 3.05) is 32.8 Å². The normalized spacial score (nSPS) is 16.3. The number of ether oxygens (including phenoxy) is 1. The van der Waals surface area contributed by atoms with Crippen LogP contribution in [0.25, 0.3) is 22.0 Å². The van der Waals surface area contributed by atoms with Crippen molar-refractivity contribution >= 4 is 34.4 Å². The number of hydrogen-bond acceptors (Lipinski definition) is 5. The summed E-state index contributed by atoms with van der Waals surface area (Å²) in [7, 11) is 0. The summed E-state index contributed by atoms with van der Waals surface area (Å²) in [5, 5.41) is 1.41. The maximum absolute atomic E-state index is 14.6. The van der Waals surface area contributed by atoms with Crippen LogP contribution in [0.5, 0.6) is 0 Å². The highest BCUT2D eigenvalue weighted by Gasteiger charge is 2.41. The average molecular weight is 675 g/mol. The molecule has 1 aliphatic heterocycles. The molecule has 0 bridgehead atoms. The molecule has 1 atom stereocenters. The average Bonchev–Trinajstić information content (AvgIpc) is 3.67. The lowest BCUT2D eigenvalue weighted by atomic mass is 9.82. The molecule has 0 unspecified atom stereocenters. The van der Waals surface area contributed by atoms with Crippen molar-refractivity contribution in [2.24, 2.45) is 11.7 Å². The molecule has 2 heterocycles. The van der Waals surface area contributed by atoms with Crippen LogP contribution >= 0.6 is 11.6 Å². The van der Waals surface area contributed by atoms with Crippen LogP contribution in [-0.4, -0.2) is 65.5 Å². The highest BCUT2D eigenvalue weighted by atomic mass is 35.5. The minimum Gasteiger partial charge on any atom is -0.448 e. The van der Waals surface area contributed by atoms with Crippen molar-refractivity contribution in [3.63, 3.8) is 0 Å². The first-order valence-electron chi connectivity index (χ1n) is 17.2. The predicted octanol–water partition coefficient (Wildman–Crippen LogP) is 8.23. The number of fused-ring (bicyclic) bond motifs is 4. The number of nitrogens with zero attached hydrogens (tertiary/aromatic N) is 2. The number of piperidine rings is 1. The third-order valence-electron chi connectivity index (χ3n) is 10.5. The number of nitrogens with one attached hydrogen (secondary N) is 1. The van der Waals surface area contributed by atoms with Gasteiger partial charge in [0.25, 0.3) is 0 Å². The van der Waals surface area contributed by atoms with Crippen LogP contribution in [0.2, 0.25) is 5.02 Å². The van der Waals surface area contributed by atoms with E-state index in [2.05, 4.69) is 48.0 Å². The van der Waals surface area contributed by atoms with Gasteiger partial charge in [0.2, 0.25) is 0 Å². The van der Waals surface area contributed by atoms with E-state index in [9.17, 15) is 9.59 Å². The van der Waals surface area contributed by atoms with Gasteiger partial charge in [0.1, 0.15) is 12.1 Å². The summed E-state index contributed by atoms with van der Waals surface area (Å²) in [6.07, 6.45) is 3.15. The summed E-state index contributed by atoms with van der Waals surface area (Å²) in [5.41, 5.74) is 12.2. The summed E-state index contributed by atoms with van der Waals surface area (Å²) >= 11 is 6.34. The van der Waals surface area contributed by atoms with Crippen LogP contribution in [0.15, 0.2) is 103 Å². The second-order valence-electron chi connectivity index (χ2n) is 13.8. The molecule has 1 fully saturated rings. The largest absolute Gasteiger partial charge is 0.448 e. The molecule has 5 aromatic rings. The van der Waals surface area contributed by atoms with Gasteiger partial charge in [-0.25, -0.2) is 4.79 Å². The fourth-order valence-corrected chi connectivity index (χ4v) is 7.89. The second-order valence-corrected chi connectivity index (χ2v) is 14.2. The molecule has 0 radical (unpaired) electrons. The molecular weight excluding hydrogens is 632 g/mol. The number of ketones is 1. The second kappa shape index (κ2) is 13.8. The predicted molar refractivity (Wildman–Crippen MR) is 196 cm³/mol. The Morgan fingerprint density at radius 3 is 2.22 bits per heavy atom. The lowest BCUT2D eigenvalue weighted by Crippen LogP contribution is -2.56. The first kappa shape index (κ1) is 33.1. The van der Waals surface area contributed by atoms with E-state index in [1.54, 1.807) is 23.2 Å². The zero-order chi connectivity index (χ0) is 34.1. The Morgan fingerprint density at radius 1 is 0.939 bits per heavy atom. The van der Waals surface area contributed by atoms with E-state index >= 15 is 0 Å². The number of carbonyl (C=O) groups is 2. The highest BCUT2D eigenvalue weighted by Crippen LogP contribution is 2.44. The van der Waals surface area contributed by atoms with Crippen molar-refractivity contribution in [1.82, 2.24) is 14.8 Å². The Bertz CT molecular complexity index is 1920. The van der Waals surface area contributed by atoms with Gasteiger partial charge in [-0.15, -0.1) is 0 Å². The molecule has 1 saturated heterocycles. The fourth-order valence-electron chi connectivity index (χ4n) is 7.67. The van der Waals surface area contributed by atoms with Gasteiger partial charge < -0.3 is 25.3 Å². The van der Waals surface area contributed by atoms with Crippen LogP contribution in [-0.2, 0) is 10.3 Å². The van der Waals surface area contributed by atoms with Crippen molar-refractivity contribution in [3.05, 3.63) is 131 Å². The number of rotatable bonds is 10. The van der Waals surface area contributed by atoms with Crippen molar-refractivity contribution < 1.29 is 14.3 Å². The molecule has 252 valence electrons. The van der Waals surface area contributed by atoms with Crippen LogP contribution in [0.4, 0.5) is 4.79 Å². The van der Waals surface area contributed by atoms with Gasteiger partial charge in [-0.3, -0.25) is 4.79 Å². The van der Waals surface area contributed by atoms with Gasteiger partial charge in [-0.05, 0) is 79.6 Å². The third-order valence-corrected chi connectivity index (χ3v) is 10.8. The molecule has 4 aromatic carbocycles. The number of likely N-dealkylation sites (tertiary alicyclic amines) is 1. The van der Waals surface area contributed by atoms with Gasteiger partial charge in [0.05, 0.1) is 11.6 Å². The first-order chi connectivity index (χ1) is 23.7. The highest BCUT2D eigenvalue weighted by molar-refractivity contribution is 6.35. The molecule has 0 saturated carbocycles. The van der Waals surface area contributed by atoms with Gasteiger partial charge in [-0.1, -0.05) is 103 Å². The number of Topliss-reactive ketones (excluding diaryl/α,β-unsaturated/α-hetero) is 1. The van der Waals surface area contributed by atoms with Crippen molar-refractivity contribution in [1.29, 1.82) is 0 Å². The van der Waals surface area contributed by atoms with Crippen molar-refractivity contribution in [2.45, 2.75) is 44.2 Å². The first-order valence-corrected chi connectivity index (χ1v) is 17.6. The minimum atomic E-state index is -1.53. The minimum absolute atomic E-state index is 0.0273. The monoisotopic (exact) mass is 674 g/mol. The standard InChI is InChI=1S/C41H43ClN4O3/c1-27(2)45-20-18-28(19-21-45)24-46(40(48)49-25-36-33-14-8-6-12-31(33)32-13-7-9-15-34(32)36)26-41(43,30-10-4-3-5-11-30)39(47)29-16-17-35-37(42)23-44-38(35)22-29/h3-17,22-23,27-28,36,44H,18-21,24-26,43H2,1-2H3/t41-/m1/s1. The molecule has 0 spiro atoms. The lowest BCUT2D eigenvalue weighted by molar-refractivity contribution is 0.0644. The van der Waals surface area contributed by atoms with E-state index in [-0.39, 0.29) is 30.8 Å². The Kier molecular flexibility index (Phi) is 9.34. The van der Waals surface area contributed by atoms with E-state index < -0.39 is 11.6 Å². The zero-order valence-electron chi connectivity index (χ0n) is 28.1. The Balaban J connectivity index is 1.19. The number of H-pyrrole nitrogens is 1. The Morgan fingerprint density at radius 2 is 1.57 bits per heavy atom. The molecule has 3 N–H and O–H groups in total. The summed E-state index contributed by atoms with van der Waals surface area (Å²) < 4.78 is 6.22. The molecule has 7 nitrogen and oxygen atoms in total. The summed E-state index contributed by atoms with van der Waals surface area (Å²) in [6, 6.07) is 31.8. The number of amides is 1. The van der Waals surface area contributed by atoms with E-state index in [1.165, 1.54) is 11.1 Å². The molecule has 2 aliphatic rings. The SMILES string of the molecule is CC(C)N1CCC(CN(C[C@](N)(C(=O)c2ccc3c(Cl)c[nH]c3c2)c2ccccc2)C(=O)OCC2c3ccccc3-c3ccccc32)CC1. The number of halogens is 1. The third kappa shape index (κ3) is 6.51. The topological polar surface area (TPSA) is 91.7 Å². The van der Waals surface area contributed by atoms with Gasteiger partial charge >= 0.3 is 6.09 Å². The molecule has 7 rings (SSSR count). The molecule has 1 aromatic heterocycles. The quantitative estimate of drug-likeness (QED) is 0.146. The number of carbonyl (C=O) groups excluding carboxylic acids is 2. The summed E-state index contributed by atoms with van der Waals surface area (Å²) in [6.45, 7) is 6.98. The number of aromatic nitrogens is 1. The van der Waals surface area contributed by atoms with Gasteiger partial charge in [-0.2, -0.15) is 0 Å². The summed E-state index contributed by atoms with van der Waals surface area (Å²) in [5.74, 6) is -0.106.